The molecule has 0 saturated heterocycles. The maximum Gasteiger partial charge on any atom is 0.138 e. The van der Waals surface area contributed by atoms with Gasteiger partial charge in [0.15, 0.2) is 0 Å². The second-order valence-electron chi connectivity index (χ2n) is 3.78. The Bertz CT molecular complexity index is 600. The van der Waals surface area contributed by atoms with Crippen LogP contribution in [0.15, 0.2) is 52.0 Å². The number of nitrogens with one attached hydrogen (secondary N) is 1. The summed E-state index contributed by atoms with van der Waals surface area (Å²) in [6.07, 6.45) is 1.56. The Morgan fingerprint density at radius 1 is 1.26 bits per heavy atom. The van der Waals surface area contributed by atoms with Gasteiger partial charge in [0.25, 0.3) is 0 Å². The van der Waals surface area contributed by atoms with Crippen LogP contribution < -0.4 is 10.2 Å². The lowest BCUT2D eigenvalue weighted by Gasteiger charge is -2.04. The molecule has 4 nitrogen and oxygen atoms in total. The second kappa shape index (κ2) is 6.24. The lowest BCUT2D eigenvalue weighted by molar-refractivity contribution is 0.415. The summed E-state index contributed by atoms with van der Waals surface area (Å²) in [7, 11) is 1.61. The summed E-state index contributed by atoms with van der Waals surface area (Å²) in [5.41, 5.74) is 4.32. The second-order valence-corrected chi connectivity index (χ2v) is 4.63. The Kier molecular flexibility index (Phi) is 4.41. The van der Waals surface area contributed by atoms with Crippen molar-refractivity contribution < 1.29 is 9.84 Å². The number of nitrogens with zero attached hydrogens (tertiary/aromatic N) is 1. The van der Waals surface area contributed by atoms with Crippen molar-refractivity contribution in [3.05, 3.63) is 52.5 Å². The van der Waals surface area contributed by atoms with Crippen molar-refractivity contribution in [2.24, 2.45) is 5.10 Å². The van der Waals surface area contributed by atoms with Crippen LogP contribution in [-0.2, 0) is 0 Å². The van der Waals surface area contributed by atoms with Crippen LogP contribution in [0.5, 0.6) is 11.5 Å². The van der Waals surface area contributed by atoms with Gasteiger partial charge in [0.1, 0.15) is 11.5 Å². The molecule has 0 aliphatic heterocycles. The number of halogens is 1. The fourth-order valence-electron chi connectivity index (χ4n) is 1.51. The Morgan fingerprint density at radius 2 is 2.05 bits per heavy atom. The third-order valence-electron chi connectivity index (χ3n) is 2.49. The van der Waals surface area contributed by atoms with Gasteiger partial charge in [-0.25, -0.2) is 0 Å². The third-order valence-corrected chi connectivity index (χ3v) is 3.12. The number of para-hydroxylation sites is 1. The van der Waals surface area contributed by atoms with Crippen LogP contribution >= 0.6 is 15.9 Å². The monoisotopic (exact) mass is 320 g/mol. The van der Waals surface area contributed by atoms with E-state index in [0.717, 1.165) is 11.4 Å². The van der Waals surface area contributed by atoms with E-state index in [1.165, 1.54) is 0 Å². The third kappa shape index (κ3) is 3.48. The lowest BCUT2D eigenvalue weighted by atomic mass is 10.2. The molecule has 2 aromatic carbocycles. The van der Waals surface area contributed by atoms with Crippen molar-refractivity contribution in [2.75, 3.05) is 12.5 Å². The number of hydrazone groups is 1. The highest BCUT2D eigenvalue weighted by molar-refractivity contribution is 9.10. The number of ether oxygens (including phenoxy) is 1. The SMILES string of the molecule is COc1cccc(N/N=C/c2cccc(Br)c2O)c1. The van der Waals surface area contributed by atoms with Crippen molar-refractivity contribution >= 4 is 27.8 Å². The van der Waals surface area contributed by atoms with Crippen LogP contribution in [0.2, 0.25) is 0 Å². The largest absolute Gasteiger partial charge is 0.506 e. The normalized spacial score (nSPS) is 10.6. The van der Waals surface area contributed by atoms with Crippen LogP contribution in [0, 0.1) is 0 Å². The topological polar surface area (TPSA) is 53.8 Å². The van der Waals surface area contributed by atoms with Gasteiger partial charge in [-0.1, -0.05) is 12.1 Å². The standard InChI is InChI=1S/C14H13BrN2O2/c1-19-12-6-3-5-11(8-12)17-16-9-10-4-2-7-13(15)14(10)18/h2-9,17-18H,1H3/b16-9+. The molecule has 19 heavy (non-hydrogen) atoms. The highest BCUT2D eigenvalue weighted by atomic mass is 79.9. The molecule has 0 aromatic heterocycles. The number of anilines is 1. The molecular formula is C14H13BrN2O2. The van der Waals surface area contributed by atoms with E-state index in [4.69, 9.17) is 4.74 Å². The molecule has 0 aliphatic carbocycles. The molecule has 0 unspecified atom stereocenters. The lowest BCUT2D eigenvalue weighted by Crippen LogP contribution is -1.92. The first-order chi connectivity index (χ1) is 9.20. The first-order valence-electron chi connectivity index (χ1n) is 5.61. The van der Waals surface area contributed by atoms with E-state index < -0.39 is 0 Å². The van der Waals surface area contributed by atoms with Gasteiger partial charge < -0.3 is 9.84 Å². The summed E-state index contributed by atoms with van der Waals surface area (Å²) in [6, 6.07) is 12.8. The maximum absolute atomic E-state index is 9.79. The van der Waals surface area contributed by atoms with Gasteiger partial charge in [-0.15, -0.1) is 0 Å². The predicted octanol–water partition coefficient (Wildman–Crippen LogP) is 3.61. The Morgan fingerprint density at radius 3 is 2.84 bits per heavy atom. The van der Waals surface area contributed by atoms with Crippen molar-refractivity contribution in [3.63, 3.8) is 0 Å². The molecule has 2 rings (SSSR count). The van der Waals surface area contributed by atoms with Gasteiger partial charge in [-0.3, -0.25) is 5.43 Å². The number of hydrogen-bond acceptors (Lipinski definition) is 4. The van der Waals surface area contributed by atoms with Crippen LogP contribution in [0.25, 0.3) is 0 Å². The summed E-state index contributed by atoms with van der Waals surface area (Å²) >= 11 is 3.25. The number of benzene rings is 2. The smallest absolute Gasteiger partial charge is 0.138 e. The predicted molar refractivity (Wildman–Crippen MR) is 80.0 cm³/mol. The van der Waals surface area contributed by atoms with E-state index >= 15 is 0 Å². The minimum atomic E-state index is 0.165. The van der Waals surface area contributed by atoms with Crippen LogP contribution in [-0.4, -0.2) is 18.4 Å². The first-order valence-corrected chi connectivity index (χ1v) is 6.40. The fourth-order valence-corrected chi connectivity index (χ4v) is 1.89. The Labute approximate surface area is 119 Å². The molecule has 0 aliphatic rings. The molecule has 0 radical (unpaired) electrons. The number of phenolic OH excluding ortho intramolecular Hbond substituents is 1. The Hall–Kier alpha value is -2.01. The van der Waals surface area contributed by atoms with Gasteiger partial charge in [0.2, 0.25) is 0 Å². The zero-order valence-corrected chi connectivity index (χ0v) is 11.9. The summed E-state index contributed by atoms with van der Waals surface area (Å²) in [6.45, 7) is 0. The number of phenols is 1. The van der Waals surface area contributed by atoms with Crippen LogP contribution in [0.1, 0.15) is 5.56 Å². The van der Waals surface area contributed by atoms with E-state index in [1.807, 2.05) is 30.3 Å². The van der Waals surface area contributed by atoms with E-state index in [9.17, 15) is 5.11 Å². The van der Waals surface area contributed by atoms with Crippen LogP contribution in [0.3, 0.4) is 0 Å². The number of hydrogen-bond donors (Lipinski definition) is 2. The van der Waals surface area contributed by atoms with Gasteiger partial charge in [0, 0.05) is 11.6 Å². The summed E-state index contributed by atoms with van der Waals surface area (Å²) in [5.74, 6) is 0.921. The van der Waals surface area contributed by atoms with Gasteiger partial charge in [-0.05, 0) is 40.2 Å². The molecule has 2 aromatic rings. The molecule has 0 fully saturated rings. The highest BCUT2D eigenvalue weighted by Crippen LogP contribution is 2.26. The van der Waals surface area contributed by atoms with E-state index in [2.05, 4.69) is 26.5 Å². The van der Waals surface area contributed by atoms with Crippen molar-refractivity contribution in [1.29, 1.82) is 0 Å². The minimum absolute atomic E-state index is 0.165. The minimum Gasteiger partial charge on any atom is -0.506 e. The molecule has 0 bridgehead atoms. The average Bonchev–Trinajstić information content (AvgIpc) is 2.44. The summed E-state index contributed by atoms with van der Waals surface area (Å²) < 4.78 is 5.75. The molecule has 98 valence electrons. The van der Waals surface area contributed by atoms with Crippen LogP contribution in [0.4, 0.5) is 5.69 Å². The van der Waals surface area contributed by atoms with E-state index in [-0.39, 0.29) is 5.75 Å². The molecule has 5 heteroatoms. The maximum atomic E-state index is 9.79. The van der Waals surface area contributed by atoms with E-state index in [1.54, 1.807) is 25.5 Å². The molecule has 2 N–H and O–H groups in total. The quantitative estimate of drug-likeness (QED) is 0.668. The number of methoxy groups -OCH3 is 1. The summed E-state index contributed by atoms with van der Waals surface area (Å²) in [4.78, 5) is 0. The number of aromatic hydroxyl groups is 1. The Balaban J connectivity index is 2.09. The fraction of sp³-hybridized carbons (Fsp3) is 0.0714. The zero-order valence-electron chi connectivity index (χ0n) is 10.3. The first kappa shape index (κ1) is 13.4. The molecular weight excluding hydrogens is 308 g/mol. The highest BCUT2D eigenvalue weighted by Gasteiger charge is 2.01. The molecule has 0 heterocycles. The summed E-state index contributed by atoms with van der Waals surface area (Å²) in [5, 5.41) is 13.9. The van der Waals surface area contributed by atoms with Crippen molar-refractivity contribution in [1.82, 2.24) is 0 Å². The van der Waals surface area contributed by atoms with Crippen molar-refractivity contribution in [2.45, 2.75) is 0 Å². The van der Waals surface area contributed by atoms with Gasteiger partial charge in [0.05, 0.1) is 23.5 Å². The number of rotatable bonds is 4. The molecule has 0 atom stereocenters. The molecule has 0 amide bonds. The van der Waals surface area contributed by atoms with Crippen molar-refractivity contribution in [3.8, 4) is 11.5 Å². The van der Waals surface area contributed by atoms with Gasteiger partial charge in [-0.2, -0.15) is 5.10 Å². The zero-order chi connectivity index (χ0) is 13.7. The molecule has 0 spiro atoms. The molecule has 0 saturated carbocycles. The van der Waals surface area contributed by atoms with Gasteiger partial charge >= 0.3 is 0 Å². The van der Waals surface area contributed by atoms with E-state index in [0.29, 0.717) is 10.0 Å². The average molecular weight is 321 g/mol.